The van der Waals surface area contributed by atoms with E-state index in [1.807, 2.05) is 47.1 Å². The number of piperidine rings is 2. The minimum absolute atomic E-state index is 0.0108. The lowest BCUT2D eigenvalue weighted by atomic mass is 9.69. The second kappa shape index (κ2) is 11.4. The Bertz CT molecular complexity index is 1470. The molecule has 3 aromatic rings. The van der Waals surface area contributed by atoms with Gasteiger partial charge in [-0.15, -0.1) is 0 Å². The molecule has 2 N–H and O–H groups in total. The predicted octanol–water partition coefficient (Wildman–Crippen LogP) is 5.52. The number of nitrogens with zero attached hydrogens (tertiary/aromatic N) is 4. The van der Waals surface area contributed by atoms with Gasteiger partial charge in [-0.1, -0.05) is 49.2 Å². The fourth-order valence-corrected chi connectivity index (χ4v) is 7.54. The summed E-state index contributed by atoms with van der Waals surface area (Å²) in [5.41, 5.74) is 9.84. The predicted molar refractivity (Wildman–Crippen MR) is 158 cm³/mol. The third-order valence-electron chi connectivity index (χ3n) is 9.83. The van der Waals surface area contributed by atoms with Crippen LogP contribution in [0.5, 0.6) is 0 Å². The van der Waals surface area contributed by atoms with Crippen LogP contribution in [0.1, 0.15) is 62.1 Å². The molecule has 1 saturated carbocycles. The first kappa shape index (κ1) is 27.6. The Morgan fingerprint density at radius 1 is 1.07 bits per heavy atom. The molecule has 3 atom stereocenters. The maximum atomic E-state index is 14.1. The average molecular weight is 558 g/mol. The highest BCUT2D eigenvalue weighted by Crippen LogP contribution is 2.49. The number of benzene rings is 2. The molecule has 2 saturated heterocycles. The molecule has 8 heteroatoms. The van der Waals surface area contributed by atoms with E-state index in [4.69, 9.17) is 5.73 Å². The Labute approximate surface area is 241 Å². The topological polar surface area (TPSA) is 84.5 Å². The highest BCUT2D eigenvalue weighted by Gasteiger charge is 2.47. The van der Waals surface area contributed by atoms with Crippen molar-refractivity contribution in [3.63, 3.8) is 0 Å². The number of carbonyl (C=O) groups is 1. The molecule has 3 fully saturated rings. The van der Waals surface area contributed by atoms with Gasteiger partial charge in [0.2, 0.25) is 0 Å². The summed E-state index contributed by atoms with van der Waals surface area (Å²) in [6.07, 6.45) is 8.32. The number of rotatable bonds is 4. The van der Waals surface area contributed by atoms with Gasteiger partial charge in [0.15, 0.2) is 0 Å². The van der Waals surface area contributed by atoms with Crippen LogP contribution in [-0.4, -0.2) is 51.1 Å². The molecule has 2 aliphatic heterocycles. The number of hydrogen-bond donors (Lipinski definition) is 1. The summed E-state index contributed by atoms with van der Waals surface area (Å²) in [5, 5.41) is 0. The Balaban J connectivity index is 1.20. The molecule has 0 bridgehead atoms. The van der Waals surface area contributed by atoms with Crippen LogP contribution in [-0.2, 0) is 6.54 Å². The highest BCUT2D eigenvalue weighted by atomic mass is 19.1. The van der Waals surface area contributed by atoms with Crippen LogP contribution in [0, 0.1) is 24.1 Å². The van der Waals surface area contributed by atoms with E-state index in [0.717, 1.165) is 55.2 Å². The Morgan fingerprint density at radius 3 is 2.63 bits per heavy atom. The lowest BCUT2D eigenvalue weighted by Crippen LogP contribution is -2.56. The van der Waals surface area contributed by atoms with Gasteiger partial charge in [-0.05, 0) is 73.6 Å². The van der Waals surface area contributed by atoms with Crippen LogP contribution in [0.3, 0.4) is 0 Å². The normalized spacial score (nSPS) is 24.1. The molecule has 2 amide bonds. The van der Waals surface area contributed by atoms with E-state index in [1.54, 1.807) is 23.0 Å². The van der Waals surface area contributed by atoms with E-state index in [1.165, 1.54) is 12.1 Å². The molecule has 7 nitrogen and oxygen atoms in total. The molecule has 216 valence electrons. The van der Waals surface area contributed by atoms with Gasteiger partial charge in [0.1, 0.15) is 5.82 Å². The number of aryl methyl sites for hydroxylation is 1. The first-order valence-corrected chi connectivity index (χ1v) is 15.0. The number of carbonyl (C=O) groups excluding carboxylic acids is 1. The Hall–Kier alpha value is -3.52. The average Bonchev–Trinajstić information content (AvgIpc) is 3.43. The van der Waals surface area contributed by atoms with E-state index in [2.05, 4.69) is 4.98 Å². The van der Waals surface area contributed by atoms with E-state index in [0.29, 0.717) is 44.2 Å². The van der Waals surface area contributed by atoms with Gasteiger partial charge in [0.05, 0.1) is 18.1 Å². The summed E-state index contributed by atoms with van der Waals surface area (Å²) < 4.78 is 15.9. The minimum Gasteiger partial charge on any atom is -0.328 e. The third kappa shape index (κ3) is 5.54. The smallest absolute Gasteiger partial charge is 0.320 e. The van der Waals surface area contributed by atoms with Crippen molar-refractivity contribution in [3.05, 3.63) is 88.2 Å². The van der Waals surface area contributed by atoms with Crippen molar-refractivity contribution >= 4 is 6.03 Å². The van der Waals surface area contributed by atoms with Crippen molar-refractivity contribution < 1.29 is 9.18 Å². The van der Waals surface area contributed by atoms with Crippen molar-refractivity contribution in [3.8, 4) is 11.3 Å². The van der Waals surface area contributed by atoms with Crippen LogP contribution in [0.15, 0.2) is 65.7 Å². The maximum Gasteiger partial charge on any atom is 0.320 e. The number of nitrogens with two attached hydrogens (primary N) is 1. The Morgan fingerprint density at radius 2 is 1.88 bits per heavy atom. The lowest BCUT2D eigenvalue weighted by Gasteiger charge is -2.49. The fourth-order valence-electron chi connectivity index (χ4n) is 7.54. The first-order valence-electron chi connectivity index (χ1n) is 15.0. The van der Waals surface area contributed by atoms with E-state index in [9.17, 15) is 14.0 Å². The monoisotopic (exact) mass is 557 g/mol. The van der Waals surface area contributed by atoms with Crippen molar-refractivity contribution in [1.82, 2.24) is 19.4 Å². The van der Waals surface area contributed by atoms with E-state index >= 15 is 0 Å². The quantitative estimate of drug-likeness (QED) is 0.458. The molecular weight excluding hydrogens is 517 g/mol. The summed E-state index contributed by atoms with van der Waals surface area (Å²) in [6, 6.07) is 16.0. The largest absolute Gasteiger partial charge is 0.328 e. The first-order chi connectivity index (χ1) is 19.8. The maximum absolute atomic E-state index is 14.1. The van der Waals surface area contributed by atoms with Crippen LogP contribution >= 0.6 is 0 Å². The van der Waals surface area contributed by atoms with Gasteiger partial charge in [0, 0.05) is 43.9 Å². The van der Waals surface area contributed by atoms with Crippen molar-refractivity contribution in [2.75, 3.05) is 19.6 Å². The van der Waals surface area contributed by atoms with E-state index in [-0.39, 0.29) is 34.9 Å². The number of halogens is 1. The van der Waals surface area contributed by atoms with Gasteiger partial charge < -0.3 is 15.5 Å². The van der Waals surface area contributed by atoms with Crippen LogP contribution in [0.4, 0.5) is 9.18 Å². The van der Waals surface area contributed by atoms with Crippen LogP contribution in [0.2, 0.25) is 0 Å². The van der Waals surface area contributed by atoms with Gasteiger partial charge >= 0.3 is 6.03 Å². The molecule has 2 aromatic carbocycles. The molecule has 41 heavy (non-hydrogen) atoms. The molecule has 0 unspecified atom stereocenters. The van der Waals surface area contributed by atoms with Crippen LogP contribution < -0.4 is 11.3 Å². The number of likely N-dealkylation sites (tertiary alicyclic amines) is 2. The van der Waals surface area contributed by atoms with Crippen LogP contribution in [0.25, 0.3) is 11.3 Å². The SMILES string of the molecule is Cc1ccccc1-c1cc(=O)n(C[C@@H]2CCN(C(=O)N3CC[C@@H](N)C[C@H]3c3cccc(F)c3)CC23CCCC3)cn1. The summed E-state index contributed by atoms with van der Waals surface area (Å²) >= 11 is 0. The van der Waals surface area contributed by atoms with Crippen molar-refractivity contribution in [2.24, 2.45) is 17.1 Å². The zero-order valence-electron chi connectivity index (χ0n) is 23.8. The van der Waals surface area contributed by atoms with Gasteiger partial charge in [-0.25, -0.2) is 14.2 Å². The second-order valence-electron chi connectivity index (χ2n) is 12.4. The second-order valence-corrected chi connectivity index (χ2v) is 12.4. The van der Waals surface area contributed by atoms with Gasteiger partial charge in [-0.2, -0.15) is 0 Å². The molecule has 1 aromatic heterocycles. The third-order valence-corrected chi connectivity index (χ3v) is 9.83. The lowest BCUT2D eigenvalue weighted by molar-refractivity contribution is 0.0214. The summed E-state index contributed by atoms with van der Waals surface area (Å²) in [6.45, 7) is 4.56. The van der Waals surface area contributed by atoms with Crippen molar-refractivity contribution in [1.29, 1.82) is 0 Å². The zero-order valence-corrected chi connectivity index (χ0v) is 23.8. The molecule has 6 rings (SSSR count). The fraction of sp³-hybridized carbons (Fsp3) is 0.485. The summed E-state index contributed by atoms with van der Waals surface area (Å²) in [4.78, 5) is 35.9. The molecular formula is C33H40FN5O2. The summed E-state index contributed by atoms with van der Waals surface area (Å²) in [7, 11) is 0. The molecule has 0 radical (unpaired) electrons. The Kier molecular flexibility index (Phi) is 7.68. The standard InChI is InChI=1S/C33H40FN5O2/c1-23-7-2-3-10-28(23)29-19-31(40)38(22-36-29)20-25-11-15-37(21-33(25)13-4-5-14-33)32(41)39-16-12-27(35)18-30(39)24-8-6-9-26(34)17-24/h2-3,6-10,17,19,22,25,27,30H,4-5,11-16,18,20-21,35H2,1H3/t25-,27+,30-/m0/s1. The molecule has 1 aliphatic carbocycles. The van der Waals surface area contributed by atoms with E-state index < -0.39 is 0 Å². The number of aromatic nitrogens is 2. The minimum atomic E-state index is -0.295. The molecule has 3 heterocycles. The van der Waals surface area contributed by atoms with Crippen molar-refractivity contribution in [2.45, 2.75) is 70.5 Å². The number of hydrogen-bond acceptors (Lipinski definition) is 4. The van der Waals surface area contributed by atoms with Gasteiger partial charge in [0.25, 0.3) is 5.56 Å². The number of amides is 2. The number of urea groups is 1. The highest BCUT2D eigenvalue weighted by molar-refractivity contribution is 5.75. The van der Waals surface area contributed by atoms with Gasteiger partial charge in [-0.3, -0.25) is 9.36 Å². The molecule has 3 aliphatic rings. The molecule has 1 spiro atoms. The summed E-state index contributed by atoms with van der Waals surface area (Å²) in [5.74, 6) is 0.00286. The zero-order chi connectivity index (χ0) is 28.6.